The van der Waals surface area contributed by atoms with Crippen LogP contribution in [0.4, 0.5) is 0 Å². The lowest BCUT2D eigenvalue weighted by molar-refractivity contribution is 0.314. The first-order valence-electron chi connectivity index (χ1n) is 6.86. The Balaban J connectivity index is 2.99. The molecule has 1 rings (SSSR count). The molecule has 18 heavy (non-hydrogen) atoms. The van der Waals surface area contributed by atoms with Crippen molar-refractivity contribution in [1.29, 1.82) is 0 Å². The number of hydrogen-bond donors (Lipinski definition) is 0. The largest absolute Gasteiger partial charge is 0.493 e. The number of rotatable bonds is 6. The molecule has 0 aromatic heterocycles. The third-order valence-electron chi connectivity index (χ3n) is 3.01. The zero-order valence-electron chi connectivity index (χ0n) is 12.3. The lowest BCUT2D eigenvalue weighted by atomic mass is 9.85. The molecule has 0 N–H and O–H groups in total. The van der Waals surface area contributed by atoms with Gasteiger partial charge in [-0.1, -0.05) is 45.9 Å². The Morgan fingerprint density at radius 3 is 2.56 bits per heavy atom. The van der Waals surface area contributed by atoms with Gasteiger partial charge in [-0.3, -0.25) is 0 Å². The van der Waals surface area contributed by atoms with Gasteiger partial charge in [-0.25, -0.2) is 0 Å². The Kier molecular flexibility index (Phi) is 5.46. The average molecular weight is 246 g/mol. The Bertz CT molecular complexity index is 385. The second-order valence-corrected chi connectivity index (χ2v) is 5.75. The first kappa shape index (κ1) is 14.8. The third kappa shape index (κ3) is 4.21. The van der Waals surface area contributed by atoms with Gasteiger partial charge in [-0.15, -0.1) is 6.58 Å². The molecule has 0 saturated heterocycles. The lowest BCUT2D eigenvalue weighted by Gasteiger charge is -2.21. The lowest BCUT2D eigenvalue weighted by Crippen LogP contribution is -2.12. The van der Waals surface area contributed by atoms with Crippen molar-refractivity contribution >= 4 is 0 Å². The standard InChI is InChI=1S/C17H26O/c1-6-8-9-14-13-15(17(3,4)5)10-11-16(14)18-12-7-2/h6,10-11,13H,1,7-9,12H2,2-5H3. The maximum atomic E-state index is 5.82. The molecule has 1 nitrogen and oxygen atoms in total. The van der Waals surface area contributed by atoms with E-state index in [0.717, 1.165) is 31.6 Å². The molecule has 1 aromatic carbocycles. The summed E-state index contributed by atoms with van der Waals surface area (Å²) in [6, 6.07) is 6.59. The summed E-state index contributed by atoms with van der Waals surface area (Å²) in [6.07, 6.45) is 5.01. The molecule has 0 aliphatic heterocycles. The summed E-state index contributed by atoms with van der Waals surface area (Å²) in [6.45, 7) is 13.4. The van der Waals surface area contributed by atoms with Crippen molar-refractivity contribution in [2.75, 3.05) is 6.61 Å². The molecule has 0 fully saturated rings. The van der Waals surface area contributed by atoms with Gasteiger partial charge in [0.15, 0.2) is 0 Å². The monoisotopic (exact) mass is 246 g/mol. The summed E-state index contributed by atoms with van der Waals surface area (Å²) in [5.41, 5.74) is 2.85. The SMILES string of the molecule is C=CCCc1cc(C(C)(C)C)ccc1OCCC. The number of allylic oxidation sites excluding steroid dienone is 1. The van der Waals surface area contributed by atoms with Crippen molar-refractivity contribution in [3.63, 3.8) is 0 Å². The van der Waals surface area contributed by atoms with Crippen LogP contribution < -0.4 is 4.74 Å². The van der Waals surface area contributed by atoms with Crippen molar-refractivity contribution in [1.82, 2.24) is 0 Å². The maximum absolute atomic E-state index is 5.82. The molecule has 1 aromatic rings. The van der Waals surface area contributed by atoms with E-state index in [2.05, 4.69) is 52.5 Å². The van der Waals surface area contributed by atoms with Crippen LogP contribution in [0.15, 0.2) is 30.9 Å². The van der Waals surface area contributed by atoms with Gasteiger partial charge in [0, 0.05) is 0 Å². The summed E-state index contributed by atoms with van der Waals surface area (Å²) < 4.78 is 5.82. The van der Waals surface area contributed by atoms with Crippen molar-refractivity contribution in [3.8, 4) is 5.75 Å². The van der Waals surface area contributed by atoms with E-state index < -0.39 is 0 Å². The molecule has 1 heteroatoms. The fourth-order valence-corrected chi connectivity index (χ4v) is 1.85. The van der Waals surface area contributed by atoms with Crippen LogP contribution >= 0.6 is 0 Å². The van der Waals surface area contributed by atoms with Gasteiger partial charge >= 0.3 is 0 Å². The summed E-state index contributed by atoms with van der Waals surface area (Å²) in [5.74, 6) is 1.03. The van der Waals surface area contributed by atoms with Gasteiger partial charge in [0.05, 0.1) is 6.61 Å². The van der Waals surface area contributed by atoms with Crippen molar-refractivity contribution in [2.24, 2.45) is 0 Å². The highest BCUT2D eigenvalue weighted by Crippen LogP contribution is 2.29. The molecule has 0 radical (unpaired) electrons. The maximum Gasteiger partial charge on any atom is 0.122 e. The van der Waals surface area contributed by atoms with Crippen LogP contribution in [-0.4, -0.2) is 6.61 Å². The van der Waals surface area contributed by atoms with E-state index in [1.807, 2.05) is 6.08 Å². The predicted molar refractivity (Wildman–Crippen MR) is 79.4 cm³/mol. The minimum Gasteiger partial charge on any atom is -0.493 e. The number of hydrogen-bond acceptors (Lipinski definition) is 1. The fourth-order valence-electron chi connectivity index (χ4n) is 1.85. The van der Waals surface area contributed by atoms with Gasteiger partial charge in [0.25, 0.3) is 0 Å². The van der Waals surface area contributed by atoms with E-state index >= 15 is 0 Å². The van der Waals surface area contributed by atoms with Crippen LogP contribution in [0.3, 0.4) is 0 Å². The normalized spacial score (nSPS) is 11.3. The van der Waals surface area contributed by atoms with Crippen LogP contribution in [0, 0.1) is 0 Å². The molecule has 0 heterocycles. The molecule has 0 atom stereocenters. The molecule has 100 valence electrons. The quantitative estimate of drug-likeness (QED) is 0.649. The zero-order valence-corrected chi connectivity index (χ0v) is 12.3. The minimum atomic E-state index is 0.187. The molecular weight excluding hydrogens is 220 g/mol. The Labute approximate surface area is 112 Å². The van der Waals surface area contributed by atoms with Crippen molar-refractivity contribution in [2.45, 2.75) is 52.4 Å². The topological polar surface area (TPSA) is 9.23 Å². The van der Waals surface area contributed by atoms with Crippen LogP contribution in [0.2, 0.25) is 0 Å². The third-order valence-corrected chi connectivity index (χ3v) is 3.01. The molecule has 0 bridgehead atoms. The van der Waals surface area contributed by atoms with Gasteiger partial charge in [-0.05, 0) is 41.9 Å². The van der Waals surface area contributed by atoms with Gasteiger partial charge in [0.2, 0.25) is 0 Å². The highest BCUT2D eigenvalue weighted by atomic mass is 16.5. The van der Waals surface area contributed by atoms with Crippen LogP contribution in [0.5, 0.6) is 5.75 Å². The Morgan fingerprint density at radius 2 is 2.00 bits per heavy atom. The van der Waals surface area contributed by atoms with Crippen LogP contribution in [0.25, 0.3) is 0 Å². The number of ether oxygens (including phenoxy) is 1. The first-order valence-corrected chi connectivity index (χ1v) is 6.86. The van der Waals surface area contributed by atoms with E-state index in [1.54, 1.807) is 0 Å². The van der Waals surface area contributed by atoms with Crippen molar-refractivity contribution in [3.05, 3.63) is 42.0 Å². The molecule has 0 saturated carbocycles. The van der Waals surface area contributed by atoms with E-state index in [-0.39, 0.29) is 5.41 Å². The zero-order chi connectivity index (χ0) is 13.6. The van der Waals surface area contributed by atoms with Gasteiger partial charge in [-0.2, -0.15) is 0 Å². The molecule has 0 spiro atoms. The first-order chi connectivity index (χ1) is 8.49. The number of aryl methyl sites for hydroxylation is 1. The minimum absolute atomic E-state index is 0.187. The second kappa shape index (κ2) is 6.63. The van der Waals surface area contributed by atoms with E-state index in [9.17, 15) is 0 Å². The van der Waals surface area contributed by atoms with Crippen LogP contribution in [-0.2, 0) is 11.8 Å². The van der Waals surface area contributed by atoms with Gasteiger partial charge in [0.1, 0.15) is 5.75 Å². The average Bonchev–Trinajstić information content (AvgIpc) is 2.33. The summed E-state index contributed by atoms with van der Waals surface area (Å²) in [7, 11) is 0. The molecule has 0 aliphatic rings. The Hall–Kier alpha value is -1.24. The van der Waals surface area contributed by atoms with E-state index in [1.165, 1.54) is 11.1 Å². The summed E-state index contributed by atoms with van der Waals surface area (Å²) in [4.78, 5) is 0. The summed E-state index contributed by atoms with van der Waals surface area (Å²) >= 11 is 0. The van der Waals surface area contributed by atoms with E-state index in [0.29, 0.717) is 0 Å². The summed E-state index contributed by atoms with van der Waals surface area (Å²) in [5, 5.41) is 0. The van der Waals surface area contributed by atoms with Crippen molar-refractivity contribution < 1.29 is 4.74 Å². The molecule has 0 unspecified atom stereocenters. The Morgan fingerprint density at radius 1 is 1.28 bits per heavy atom. The van der Waals surface area contributed by atoms with Gasteiger partial charge < -0.3 is 4.74 Å². The second-order valence-electron chi connectivity index (χ2n) is 5.75. The fraction of sp³-hybridized carbons (Fsp3) is 0.529. The highest BCUT2D eigenvalue weighted by Gasteiger charge is 2.15. The smallest absolute Gasteiger partial charge is 0.122 e. The number of benzene rings is 1. The highest BCUT2D eigenvalue weighted by molar-refractivity contribution is 5.40. The van der Waals surface area contributed by atoms with E-state index in [4.69, 9.17) is 4.74 Å². The predicted octanol–water partition coefficient (Wildman–Crippen LogP) is 4.89. The molecule has 0 aliphatic carbocycles. The molecule has 0 amide bonds. The van der Waals surface area contributed by atoms with Crippen LogP contribution in [0.1, 0.15) is 51.7 Å². The molecular formula is C17H26O.